The Balaban J connectivity index is 1.83. The molecule has 6 heteroatoms. The zero-order valence-corrected chi connectivity index (χ0v) is 13.5. The molecule has 1 atom stereocenters. The number of nitrogens with one attached hydrogen (secondary N) is 1. The Hall–Kier alpha value is -2.63. The smallest absolute Gasteiger partial charge is 0.229 e. The van der Waals surface area contributed by atoms with E-state index in [9.17, 15) is 9.59 Å². The highest BCUT2D eigenvalue weighted by Gasteiger charge is 2.32. The molecule has 120 valence electrons. The summed E-state index contributed by atoms with van der Waals surface area (Å²) in [5.74, 6) is -0.411. The fraction of sp³-hybridized carbons (Fsp3) is 0.353. The standard InChI is InChI=1S/C17H20N4O2/c1-11-16(18-17(23)13-9-15(22)20(3)10-13)12(2)21(19-11)14-7-5-4-6-8-14/h4-8,13H,9-10H2,1-3H3,(H,18,23). The van der Waals surface area contributed by atoms with Crippen molar-refractivity contribution in [1.82, 2.24) is 14.7 Å². The monoisotopic (exact) mass is 312 g/mol. The van der Waals surface area contributed by atoms with Crippen LogP contribution in [0.25, 0.3) is 5.69 Å². The molecule has 1 aromatic heterocycles. The average Bonchev–Trinajstić information content (AvgIpc) is 3.02. The van der Waals surface area contributed by atoms with Crippen LogP contribution in [0, 0.1) is 19.8 Å². The number of amides is 2. The second-order valence-corrected chi connectivity index (χ2v) is 5.96. The average molecular weight is 312 g/mol. The van der Waals surface area contributed by atoms with Crippen LogP contribution in [0.5, 0.6) is 0 Å². The number of anilines is 1. The van der Waals surface area contributed by atoms with Crippen molar-refractivity contribution in [3.05, 3.63) is 41.7 Å². The maximum atomic E-state index is 12.4. The molecule has 2 aromatic rings. The lowest BCUT2D eigenvalue weighted by molar-refractivity contribution is -0.127. The van der Waals surface area contributed by atoms with Crippen molar-refractivity contribution < 1.29 is 9.59 Å². The van der Waals surface area contributed by atoms with Gasteiger partial charge in [0.2, 0.25) is 11.8 Å². The van der Waals surface area contributed by atoms with Crippen molar-refractivity contribution in [2.45, 2.75) is 20.3 Å². The summed E-state index contributed by atoms with van der Waals surface area (Å²) >= 11 is 0. The summed E-state index contributed by atoms with van der Waals surface area (Å²) in [5.41, 5.74) is 3.31. The first-order chi connectivity index (χ1) is 11.0. The van der Waals surface area contributed by atoms with Gasteiger partial charge in [-0.25, -0.2) is 4.68 Å². The molecular formula is C17H20N4O2. The first-order valence-electron chi connectivity index (χ1n) is 7.64. The topological polar surface area (TPSA) is 67.2 Å². The molecule has 0 bridgehead atoms. The second kappa shape index (κ2) is 5.87. The molecule has 1 aromatic carbocycles. The number of carbonyl (C=O) groups excluding carboxylic acids is 2. The maximum Gasteiger partial charge on any atom is 0.229 e. The van der Waals surface area contributed by atoms with E-state index >= 15 is 0 Å². The quantitative estimate of drug-likeness (QED) is 0.941. The van der Waals surface area contributed by atoms with Gasteiger partial charge < -0.3 is 10.2 Å². The number of carbonyl (C=O) groups is 2. The van der Waals surface area contributed by atoms with E-state index in [0.29, 0.717) is 6.54 Å². The first kappa shape index (κ1) is 15.3. The Kier molecular flexibility index (Phi) is 3.90. The molecule has 1 saturated heterocycles. The number of nitrogens with zero attached hydrogens (tertiary/aromatic N) is 3. The molecule has 6 nitrogen and oxygen atoms in total. The molecule has 23 heavy (non-hydrogen) atoms. The zero-order chi connectivity index (χ0) is 16.6. The molecule has 2 amide bonds. The first-order valence-corrected chi connectivity index (χ1v) is 7.64. The minimum absolute atomic E-state index is 0.0126. The van der Waals surface area contributed by atoms with Gasteiger partial charge >= 0.3 is 0 Å². The van der Waals surface area contributed by atoms with Crippen LogP contribution < -0.4 is 5.32 Å². The van der Waals surface area contributed by atoms with E-state index in [0.717, 1.165) is 22.8 Å². The number of aryl methyl sites for hydroxylation is 1. The minimum atomic E-state index is -0.300. The van der Waals surface area contributed by atoms with Gasteiger partial charge in [-0.15, -0.1) is 0 Å². The van der Waals surface area contributed by atoms with Crippen molar-refractivity contribution in [3.8, 4) is 5.69 Å². The summed E-state index contributed by atoms with van der Waals surface area (Å²) in [4.78, 5) is 25.6. The lowest BCUT2D eigenvalue weighted by Crippen LogP contribution is -2.26. The SMILES string of the molecule is Cc1nn(-c2ccccc2)c(C)c1NC(=O)C1CC(=O)N(C)C1. The fourth-order valence-electron chi connectivity index (χ4n) is 2.91. The van der Waals surface area contributed by atoms with Crippen molar-refractivity contribution in [1.29, 1.82) is 0 Å². The van der Waals surface area contributed by atoms with Crippen molar-refractivity contribution in [2.75, 3.05) is 18.9 Å². The van der Waals surface area contributed by atoms with E-state index in [2.05, 4.69) is 10.4 Å². The third-order valence-electron chi connectivity index (χ3n) is 4.25. The molecule has 1 unspecified atom stereocenters. The zero-order valence-electron chi connectivity index (χ0n) is 13.5. The fourth-order valence-corrected chi connectivity index (χ4v) is 2.91. The predicted octanol–water partition coefficient (Wildman–Crippen LogP) is 1.91. The second-order valence-electron chi connectivity index (χ2n) is 5.96. The van der Waals surface area contributed by atoms with E-state index in [-0.39, 0.29) is 24.2 Å². The van der Waals surface area contributed by atoms with Gasteiger partial charge in [0.25, 0.3) is 0 Å². The van der Waals surface area contributed by atoms with Gasteiger partial charge in [0, 0.05) is 20.0 Å². The molecule has 0 saturated carbocycles. The highest BCUT2D eigenvalue weighted by molar-refractivity contribution is 5.97. The molecule has 2 heterocycles. The third-order valence-corrected chi connectivity index (χ3v) is 4.25. The Bertz CT molecular complexity index is 751. The van der Waals surface area contributed by atoms with E-state index in [1.165, 1.54) is 0 Å². The van der Waals surface area contributed by atoms with Crippen molar-refractivity contribution in [2.24, 2.45) is 5.92 Å². The van der Waals surface area contributed by atoms with Gasteiger partial charge in [-0.1, -0.05) is 18.2 Å². The van der Waals surface area contributed by atoms with Crippen LogP contribution in [-0.2, 0) is 9.59 Å². The minimum Gasteiger partial charge on any atom is -0.345 e. The van der Waals surface area contributed by atoms with Crippen LogP contribution in [0.15, 0.2) is 30.3 Å². The number of aromatic nitrogens is 2. The van der Waals surface area contributed by atoms with Crippen LogP contribution in [0.4, 0.5) is 5.69 Å². The summed E-state index contributed by atoms with van der Waals surface area (Å²) in [5, 5.41) is 7.47. The van der Waals surface area contributed by atoms with Crippen LogP contribution in [0.2, 0.25) is 0 Å². The van der Waals surface area contributed by atoms with Crippen LogP contribution in [-0.4, -0.2) is 40.1 Å². The molecule has 1 aliphatic rings. The van der Waals surface area contributed by atoms with Gasteiger partial charge in [-0.3, -0.25) is 9.59 Å². The molecule has 3 rings (SSSR count). The highest BCUT2D eigenvalue weighted by Crippen LogP contribution is 2.25. The molecule has 1 fully saturated rings. The number of benzene rings is 1. The number of para-hydroxylation sites is 1. The van der Waals surface area contributed by atoms with Gasteiger partial charge in [0.15, 0.2) is 0 Å². The summed E-state index contributed by atoms with van der Waals surface area (Å²) in [6, 6.07) is 9.78. The Morgan fingerprint density at radius 1 is 1.26 bits per heavy atom. The number of rotatable bonds is 3. The van der Waals surface area contributed by atoms with Gasteiger partial charge in [0.05, 0.1) is 28.7 Å². The Morgan fingerprint density at radius 2 is 1.96 bits per heavy atom. The Morgan fingerprint density at radius 3 is 2.57 bits per heavy atom. The summed E-state index contributed by atoms with van der Waals surface area (Å²) in [6.07, 6.45) is 0.271. The van der Waals surface area contributed by atoms with Gasteiger partial charge in [-0.2, -0.15) is 5.10 Å². The number of hydrogen-bond donors (Lipinski definition) is 1. The summed E-state index contributed by atoms with van der Waals surface area (Å²) in [6.45, 7) is 4.26. The van der Waals surface area contributed by atoms with Gasteiger partial charge in [0.1, 0.15) is 0 Å². The molecule has 0 aliphatic carbocycles. The number of hydrogen-bond acceptors (Lipinski definition) is 3. The van der Waals surface area contributed by atoms with E-state index in [4.69, 9.17) is 0 Å². The van der Waals surface area contributed by atoms with E-state index < -0.39 is 0 Å². The van der Waals surface area contributed by atoms with Crippen LogP contribution in [0.3, 0.4) is 0 Å². The van der Waals surface area contributed by atoms with Crippen molar-refractivity contribution in [3.63, 3.8) is 0 Å². The largest absolute Gasteiger partial charge is 0.345 e. The van der Waals surface area contributed by atoms with Crippen LogP contribution >= 0.6 is 0 Å². The number of likely N-dealkylation sites (tertiary alicyclic amines) is 1. The highest BCUT2D eigenvalue weighted by atomic mass is 16.2. The summed E-state index contributed by atoms with van der Waals surface area (Å²) in [7, 11) is 1.72. The normalized spacial score (nSPS) is 17.6. The molecular weight excluding hydrogens is 292 g/mol. The lowest BCUT2D eigenvalue weighted by atomic mass is 10.1. The molecule has 1 aliphatic heterocycles. The van der Waals surface area contributed by atoms with E-state index in [1.807, 2.05) is 48.9 Å². The predicted molar refractivity (Wildman–Crippen MR) is 87.4 cm³/mol. The molecule has 0 radical (unpaired) electrons. The third kappa shape index (κ3) is 2.84. The summed E-state index contributed by atoms with van der Waals surface area (Å²) < 4.78 is 1.82. The lowest BCUT2D eigenvalue weighted by Gasteiger charge is -2.11. The molecule has 1 N–H and O–H groups in total. The van der Waals surface area contributed by atoms with Gasteiger partial charge in [-0.05, 0) is 26.0 Å². The Labute approximate surface area is 135 Å². The van der Waals surface area contributed by atoms with E-state index in [1.54, 1.807) is 11.9 Å². The van der Waals surface area contributed by atoms with Crippen LogP contribution in [0.1, 0.15) is 17.8 Å². The maximum absolute atomic E-state index is 12.4. The molecule has 0 spiro atoms. The van der Waals surface area contributed by atoms with Crippen molar-refractivity contribution >= 4 is 17.5 Å².